The molecule has 1 aromatic rings. The Labute approximate surface area is 75.4 Å². The summed E-state index contributed by atoms with van der Waals surface area (Å²) in [6, 6.07) is 1.66. The van der Waals surface area contributed by atoms with Gasteiger partial charge in [-0.1, -0.05) is 0 Å². The van der Waals surface area contributed by atoms with Gasteiger partial charge in [0.05, 0.1) is 0 Å². The molecule has 1 aromatic heterocycles. The Hall–Kier alpha value is -1.49. The fourth-order valence-corrected chi connectivity index (χ4v) is 0.900. The third-order valence-corrected chi connectivity index (χ3v) is 1.60. The van der Waals surface area contributed by atoms with E-state index < -0.39 is 12.1 Å². The molecule has 0 radical (unpaired) electrons. The van der Waals surface area contributed by atoms with E-state index in [0.717, 1.165) is 0 Å². The zero-order valence-corrected chi connectivity index (χ0v) is 7.17. The van der Waals surface area contributed by atoms with Crippen molar-refractivity contribution in [2.45, 2.75) is 12.5 Å². The van der Waals surface area contributed by atoms with Gasteiger partial charge in [0.25, 0.3) is 0 Å². The zero-order valence-electron chi connectivity index (χ0n) is 7.17. The number of carbonyl (C=O) groups is 1. The Morgan fingerprint density at radius 2 is 2.54 bits per heavy atom. The first-order valence-corrected chi connectivity index (χ1v) is 3.74. The van der Waals surface area contributed by atoms with Crippen LogP contribution in [-0.4, -0.2) is 34.3 Å². The lowest BCUT2D eigenvalue weighted by atomic mass is 10.2. The van der Waals surface area contributed by atoms with Crippen molar-refractivity contribution in [1.29, 1.82) is 0 Å². The van der Waals surface area contributed by atoms with Crippen LogP contribution in [0.5, 0.6) is 0 Å². The van der Waals surface area contributed by atoms with Crippen LogP contribution in [0, 0.1) is 0 Å². The van der Waals surface area contributed by atoms with Crippen LogP contribution in [0.3, 0.4) is 0 Å². The maximum atomic E-state index is 10.6. The minimum absolute atomic E-state index is 0.258. The number of aromatic nitrogens is 2. The predicted molar refractivity (Wildman–Crippen MR) is 44.2 cm³/mol. The van der Waals surface area contributed by atoms with Crippen LogP contribution in [-0.2, 0) is 16.0 Å². The number of nitrogens with zero attached hydrogens (tertiary/aromatic N) is 2. The van der Waals surface area contributed by atoms with Crippen LogP contribution < -0.4 is 0 Å². The molecule has 0 spiro atoms. The van der Waals surface area contributed by atoms with Gasteiger partial charge in [0.1, 0.15) is 6.33 Å². The van der Waals surface area contributed by atoms with E-state index in [2.05, 4.69) is 9.97 Å². The Morgan fingerprint density at radius 3 is 3.00 bits per heavy atom. The molecule has 5 heteroatoms. The van der Waals surface area contributed by atoms with Crippen molar-refractivity contribution in [3.8, 4) is 0 Å². The predicted octanol–water partition coefficient (Wildman–Crippen LogP) is 0.119. The van der Waals surface area contributed by atoms with Crippen molar-refractivity contribution >= 4 is 5.97 Å². The molecule has 70 valence electrons. The molecule has 1 atom stereocenters. The van der Waals surface area contributed by atoms with Gasteiger partial charge in [0.2, 0.25) is 0 Å². The lowest BCUT2D eigenvalue weighted by Gasteiger charge is -2.08. The molecule has 0 aromatic carbocycles. The molecular weight excluding hydrogens is 172 g/mol. The third-order valence-electron chi connectivity index (χ3n) is 1.60. The zero-order chi connectivity index (χ0) is 9.68. The minimum Gasteiger partial charge on any atom is -0.479 e. The molecule has 13 heavy (non-hydrogen) atoms. The Balaban J connectivity index is 2.62. The summed E-state index contributed by atoms with van der Waals surface area (Å²) in [6.07, 6.45) is 2.37. The maximum absolute atomic E-state index is 10.6. The molecule has 0 saturated heterocycles. The molecule has 0 saturated carbocycles. The first kappa shape index (κ1) is 9.60. The van der Waals surface area contributed by atoms with Crippen molar-refractivity contribution in [1.82, 2.24) is 9.97 Å². The van der Waals surface area contributed by atoms with E-state index in [1.54, 1.807) is 12.3 Å². The highest BCUT2D eigenvalue weighted by atomic mass is 16.5. The van der Waals surface area contributed by atoms with E-state index >= 15 is 0 Å². The number of carboxylic acids is 1. The van der Waals surface area contributed by atoms with Gasteiger partial charge in [-0.15, -0.1) is 0 Å². The fourth-order valence-electron chi connectivity index (χ4n) is 0.900. The molecule has 0 bridgehead atoms. The van der Waals surface area contributed by atoms with Gasteiger partial charge in [-0.3, -0.25) is 0 Å². The highest BCUT2D eigenvalue weighted by Gasteiger charge is 2.16. The summed E-state index contributed by atoms with van der Waals surface area (Å²) in [7, 11) is 1.36. The Kier molecular flexibility index (Phi) is 3.33. The molecule has 0 aliphatic heterocycles. The van der Waals surface area contributed by atoms with Crippen LogP contribution >= 0.6 is 0 Å². The monoisotopic (exact) mass is 182 g/mol. The lowest BCUT2D eigenvalue weighted by molar-refractivity contribution is -0.148. The summed E-state index contributed by atoms with van der Waals surface area (Å²) in [5.41, 5.74) is 0.657. The molecule has 0 amide bonds. The molecule has 1 heterocycles. The summed E-state index contributed by atoms with van der Waals surface area (Å²) in [5.74, 6) is -0.985. The van der Waals surface area contributed by atoms with Crippen LogP contribution in [0.15, 0.2) is 18.6 Å². The number of methoxy groups -OCH3 is 1. The highest BCUT2D eigenvalue weighted by Crippen LogP contribution is 2.01. The molecule has 0 aliphatic rings. The second-order valence-electron chi connectivity index (χ2n) is 2.47. The lowest BCUT2D eigenvalue weighted by Crippen LogP contribution is -2.25. The van der Waals surface area contributed by atoms with Crippen LogP contribution in [0.1, 0.15) is 5.69 Å². The van der Waals surface area contributed by atoms with E-state index in [4.69, 9.17) is 9.84 Å². The third kappa shape index (κ3) is 2.79. The normalized spacial score (nSPS) is 12.4. The molecule has 5 nitrogen and oxygen atoms in total. The molecule has 1 N–H and O–H groups in total. The van der Waals surface area contributed by atoms with E-state index in [1.807, 2.05) is 0 Å². The quantitative estimate of drug-likeness (QED) is 0.715. The van der Waals surface area contributed by atoms with Gasteiger partial charge >= 0.3 is 5.97 Å². The van der Waals surface area contributed by atoms with Gasteiger partial charge in [-0.05, 0) is 6.07 Å². The number of hydrogen-bond acceptors (Lipinski definition) is 4. The topological polar surface area (TPSA) is 72.3 Å². The van der Waals surface area contributed by atoms with Crippen LogP contribution in [0.2, 0.25) is 0 Å². The van der Waals surface area contributed by atoms with Gasteiger partial charge in [-0.25, -0.2) is 14.8 Å². The van der Waals surface area contributed by atoms with Crippen molar-refractivity contribution in [2.75, 3.05) is 7.11 Å². The largest absolute Gasteiger partial charge is 0.479 e. The van der Waals surface area contributed by atoms with Crippen molar-refractivity contribution < 1.29 is 14.6 Å². The minimum atomic E-state index is -0.985. The van der Waals surface area contributed by atoms with Crippen LogP contribution in [0.25, 0.3) is 0 Å². The Bertz CT molecular complexity index is 276. The van der Waals surface area contributed by atoms with Crippen molar-refractivity contribution in [3.05, 3.63) is 24.3 Å². The average Bonchev–Trinajstić information content (AvgIpc) is 2.15. The Morgan fingerprint density at radius 1 is 1.77 bits per heavy atom. The summed E-state index contributed by atoms with van der Waals surface area (Å²) in [4.78, 5) is 18.2. The van der Waals surface area contributed by atoms with Crippen molar-refractivity contribution in [3.63, 3.8) is 0 Å². The van der Waals surface area contributed by atoms with E-state index in [-0.39, 0.29) is 6.42 Å². The summed E-state index contributed by atoms with van der Waals surface area (Å²) in [5, 5.41) is 8.67. The first-order chi connectivity index (χ1) is 6.24. The van der Waals surface area contributed by atoms with Crippen LogP contribution in [0.4, 0.5) is 0 Å². The number of ether oxygens (including phenoxy) is 1. The molecule has 0 aliphatic carbocycles. The summed E-state index contributed by atoms with van der Waals surface area (Å²) < 4.78 is 4.76. The van der Waals surface area contributed by atoms with Gasteiger partial charge in [0, 0.05) is 25.4 Å². The highest BCUT2D eigenvalue weighted by molar-refractivity contribution is 5.72. The van der Waals surface area contributed by atoms with E-state index in [0.29, 0.717) is 5.69 Å². The van der Waals surface area contributed by atoms with Gasteiger partial charge < -0.3 is 9.84 Å². The van der Waals surface area contributed by atoms with Crippen molar-refractivity contribution in [2.24, 2.45) is 0 Å². The molecule has 0 fully saturated rings. The second kappa shape index (κ2) is 4.51. The van der Waals surface area contributed by atoms with E-state index in [1.165, 1.54) is 13.4 Å². The summed E-state index contributed by atoms with van der Waals surface area (Å²) in [6.45, 7) is 0. The number of aliphatic carboxylic acids is 1. The molecular formula is C8H10N2O3. The van der Waals surface area contributed by atoms with E-state index in [9.17, 15) is 4.79 Å². The van der Waals surface area contributed by atoms with Gasteiger partial charge in [-0.2, -0.15) is 0 Å². The molecule has 1 unspecified atom stereocenters. The standard InChI is InChI=1S/C8H10N2O3/c1-13-7(8(11)12)4-6-2-3-9-5-10-6/h2-3,5,7H,4H2,1H3,(H,11,12). The summed E-state index contributed by atoms with van der Waals surface area (Å²) >= 11 is 0. The SMILES string of the molecule is COC(Cc1ccncn1)C(=O)O. The smallest absolute Gasteiger partial charge is 0.333 e. The number of rotatable bonds is 4. The van der Waals surface area contributed by atoms with Gasteiger partial charge in [0.15, 0.2) is 6.10 Å². The second-order valence-corrected chi connectivity index (χ2v) is 2.47. The molecule has 1 rings (SSSR count). The average molecular weight is 182 g/mol. The number of hydrogen-bond donors (Lipinski definition) is 1. The fraction of sp³-hybridized carbons (Fsp3) is 0.375. The maximum Gasteiger partial charge on any atom is 0.333 e. The first-order valence-electron chi connectivity index (χ1n) is 3.74. The number of carboxylic acid groups (broad SMARTS) is 1.